The molecule has 0 heterocycles. The van der Waals surface area contributed by atoms with Gasteiger partial charge in [-0.1, -0.05) is 40.4 Å². The van der Waals surface area contributed by atoms with Crippen molar-refractivity contribution in [1.29, 1.82) is 0 Å². The second-order valence-electron chi connectivity index (χ2n) is 6.40. The molecule has 30 heavy (non-hydrogen) atoms. The van der Waals surface area contributed by atoms with Crippen LogP contribution in [0.5, 0.6) is 0 Å². The molecule has 0 aromatic heterocycles. The van der Waals surface area contributed by atoms with Gasteiger partial charge in [0, 0.05) is 25.5 Å². The van der Waals surface area contributed by atoms with E-state index in [2.05, 4.69) is 39.1 Å². The van der Waals surface area contributed by atoms with Gasteiger partial charge in [0.25, 0.3) is 0 Å². The average Bonchev–Trinajstić information content (AvgIpc) is 2.70. The van der Waals surface area contributed by atoms with E-state index in [0.29, 0.717) is 22.9 Å². The van der Waals surface area contributed by atoms with Gasteiger partial charge >= 0.3 is 17.9 Å². The molecule has 0 N–H and O–H groups in total. The molecule has 0 fully saturated rings. The van der Waals surface area contributed by atoms with Crippen molar-refractivity contribution in [3.8, 4) is 11.8 Å². The Balaban J connectivity index is 5.52. The molecular weight excluding hydrogens is 456 g/mol. The lowest BCUT2D eigenvalue weighted by Crippen LogP contribution is -2.42. The minimum Gasteiger partial charge on any atom is -0.466 e. The van der Waals surface area contributed by atoms with Crippen molar-refractivity contribution in [1.82, 2.24) is 0 Å². The smallest absolute Gasteiger partial charge is 0.333 e. The highest BCUT2D eigenvalue weighted by Crippen LogP contribution is 2.35. The zero-order valence-electron chi connectivity index (χ0n) is 18.3. The van der Waals surface area contributed by atoms with Gasteiger partial charge in [-0.2, -0.15) is 0 Å². The summed E-state index contributed by atoms with van der Waals surface area (Å²) in [6.45, 7) is 8.97. The number of rotatable bonds is 12. The van der Waals surface area contributed by atoms with Crippen molar-refractivity contribution >= 4 is 33.8 Å². The Bertz CT molecular complexity index is 682. The second kappa shape index (κ2) is 14.8. The molecular formula is C22H31BrO7. The summed E-state index contributed by atoms with van der Waals surface area (Å²) < 4.78 is 20.7. The first kappa shape index (κ1) is 27.9. The maximum Gasteiger partial charge on any atom is 0.333 e. The molecule has 0 spiro atoms. The maximum absolute atomic E-state index is 12.7. The number of halogens is 1. The van der Waals surface area contributed by atoms with Gasteiger partial charge in [-0.3, -0.25) is 9.59 Å². The number of carbonyl (C=O) groups excluding carboxylic acids is 3. The Labute approximate surface area is 187 Å². The van der Waals surface area contributed by atoms with Crippen molar-refractivity contribution in [2.24, 2.45) is 5.41 Å². The fraction of sp³-hybridized carbons (Fsp3) is 0.591. The number of ether oxygens (including phenoxy) is 4. The molecule has 7 nitrogen and oxygen atoms in total. The van der Waals surface area contributed by atoms with E-state index >= 15 is 0 Å². The summed E-state index contributed by atoms with van der Waals surface area (Å²) in [5, 5.41) is 0. The van der Waals surface area contributed by atoms with Crippen LogP contribution in [0, 0.1) is 17.3 Å². The zero-order valence-corrected chi connectivity index (χ0v) is 19.9. The highest BCUT2D eigenvalue weighted by molar-refractivity contribution is 9.11. The van der Waals surface area contributed by atoms with Crippen LogP contribution in [0.4, 0.5) is 0 Å². The number of esters is 3. The maximum atomic E-state index is 12.7. The van der Waals surface area contributed by atoms with Crippen molar-refractivity contribution in [3.63, 3.8) is 0 Å². The van der Waals surface area contributed by atoms with E-state index in [0.717, 1.165) is 0 Å². The molecule has 0 bridgehead atoms. The van der Waals surface area contributed by atoms with Gasteiger partial charge in [-0.15, -0.1) is 0 Å². The van der Waals surface area contributed by atoms with Gasteiger partial charge in [0.1, 0.15) is 6.10 Å². The molecule has 0 aliphatic rings. The Hall–Kier alpha value is -2.11. The summed E-state index contributed by atoms with van der Waals surface area (Å²) in [5.41, 5.74) is -1.11. The van der Waals surface area contributed by atoms with E-state index in [1.165, 1.54) is 14.2 Å². The SMILES string of the molecule is C=C(Br)CC(CC#CC(CC/C=C(/C)C(=O)OC)OC)(C(=O)OCC)C(=O)OCC. The fourth-order valence-electron chi connectivity index (χ4n) is 2.56. The molecule has 0 aliphatic heterocycles. The molecule has 0 aromatic rings. The van der Waals surface area contributed by atoms with E-state index in [1.54, 1.807) is 26.8 Å². The molecule has 0 saturated carbocycles. The zero-order chi connectivity index (χ0) is 23.2. The average molecular weight is 487 g/mol. The van der Waals surface area contributed by atoms with Crippen molar-refractivity contribution in [3.05, 3.63) is 22.7 Å². The lowest BCUT2D eigenvalue weighted by Gasteiger charge is -2.27. The molecule has 1 atom stereocenters. The standard InChI is InChI=1S/C22H31BrO7/c1-7-29-20(25)22(15-17(4)23,21(26)30-8-2)14-10-13-18(27-5)12-9-11-16(3)19(24)28-6/h11,18H,4,7-9,12,14-15H2,1-3,5-6H3/b16-11-. The lowest BCUT2D eigenvalue weighted by atomic mass is 9.81. The molecule has 0 aromatic carbocycles. The number of carbonyl (C=O) groups is 3. The van der Waals surface area contributed by atoms with Crippen LogP contribution in [0.3, 0.4) is 0 Å². The highest BCUT2D eigenvalue weighted by Gasteiger charge is 2.48. The molecule has 168 valence electrons. The predicted octanol–water partition coefficient (Wildman–Crippen LogP) is 3.71. The predicted molar refractivity (Wildman–Crippen MR) is 117 cm³/mol. The topological polar surface area (TPSA) is 88.1 Å². The van der Waals surface area contributed by atoms with E-state index in [1.807, 2.05) is 0 Å². The lowest BCUT2D eigenvalue weighted by molar-refractivity contribution is -0.171. The summed E-state index contributed by atoms with van der Waals surface area (Å²) in [5.74, 6) is 4.01. The number of allylic oxidation sites excluding steroid dienone is 2. The van der Waals surface area contributed by atoms with E-state index in [4.69, 9.17) is 14.2 Å². The van der Waals surface area contributed by atoms with Crippen LogP contribution in [-0.4, -0.2) is 51.4 Å². The number of hydrogen-bond donors (Lipinski definition) is 0. The first-order valence-corrected chi connectivity index (χ1v) is 10.4. The molecule has 0 radical (unpaired) electrons. The van der Waals surface area contributed by atoms with E-state index in [9.17, 15) is 14.4 Å². The van der Waals surface area contributed by atoms with Gasteiger partial charge in [-0.05, 0) is 38.1 Å². The van der Waals surface area contributed by atoms with Gasteiger partial charge < -0.3 is 18.9 Å². The van der Waals surface area contributed by atoms with E-state index in [-0.39, 0.29) is 26.1 Å². The first-order valence-electron chi connectivity index (χ1n) is 9.62. The van der Waals surface area contributed by atoms with Crippen LogP contribution in [0.1, 0.15) is 46.5 Å². The van der Waals surface area contributed by atoms with Crippen LogP contribution in [0.15, 0.2) is 22.7 Å². The van der Waals surface area contributed by atoms with Crippen LogP contribution < -0.4 is 0 Å². The molecule has 1 unspecified atom stereocenters. The molecule has 0 saturated heterocycles. The van der Waals surface area contributed by atoms with Crippen LogP contribution in [0.25, 0.3) is 0 Å². The van der Waals surface area contributed by atoms with Gasteiger partial charge in [0.15, 0.2) is 5.41 Å². The Morgan fingerprint density at radius 2 is 1.70 bits per heavy atom. The minimum atomic E-state index is -1.61. The van der Waals surface area contributed by atoms with Crippen LogP contribution >= 0.6 is 15.9 Å². The normalized spacial score (nSPS) is 12.3. The summed E-state index contributed by atoms with van der Waals surface area (Å²) in [4.78, 5) is 36.7. The second-order valence-corrected chi connectivity index (χ2v) is 7.52. The van der Waals surface area contributed by atoms with Crippen molar-refractivity contribution in [2.75, 3.05) is 27.4 Å². The van der Waals surface area contributed by atoms with E-state index < -0.39 is 29.4 Å². The van der Waals surface area contributed by atoms with Crippen molar-refractivity contribution < 1.29 is 33.3 Å². The Morgan fingerprint density at radius 3 is 2.13 bits per heavy atom. The summed E-state index contributed by atoms with van der Waals surface area (Å²) in [6.07, 6.45) is 2.27. The van der Waals surface area contributed by atoms with Crippen LogP contribution in [-0.2, 0) is 33.3 Å². The molecule has 0 rings (SSSR count). The van der Waals surface area contributed by atoms with Crippen LogP contribution in [0.2, 0.25) is 0 Å². The Kier molecular flexibility index (Phi) is 13.8. The quantitative estimate of drug-likeness (QED) is 0.136. The number of hydrogen-bond acceptors (Lipinski definition) is 7. The fourth-order valence-corrected chi connectivity index (χ4v) is 3.04. The minimum absolute atomic E-state index is 0.00193. The van der Waals surface area contributed by atoms with Gasteiger partial charge in [0.2, 0.25) is 0 Å². The molecule has 0 amide bonds. The Morgan fingerprint density at radius 1 is 1.13 bits per heavy atom. The monoisotopic (exact) mass is 486 g/mol. The van der Waals surface area contributed by atoms with Crippen molar-refractivity contribution in [2.45, 2.75) is 52.6 Å². The third-order valence-corrected chi connectivity index (χ3v) is 4.43. The third kappa shape index (κ3) is 9.14. The summed E-state index contributed by atoms with van der Waals surface area (Å²) in [7, 11) is 2.84. The largest absolute Gasteiger partial charge is 0.466 e. The molecule has 0 aliphatic carbocycles. The highest BCUT2D eigenvalue weighted by atomic mass is 79.9. The first-order chi connectivity index (χ1) is 14.2. The van der Waals surface area contributed by atoms with Gasteiger partial charge in [0.05, 0.1) is 20.3 Å². The number of methoxy groups -OCH3 is 2. The van der Waals surface area contributed by atoms with Gasteiger partial charge in [-0.25, -0.2) is 4.79 Å². The molecule has 8 heteroatoms. The summed E-state index contributed by atoms with van der Waals surface area (Å²) >= 11 is 3.22. The summed E-state index contributed by atoms with van der Waals surface area (Å²) in [6, 6.07) is 0. The third-order valence-electron chi connectivity index (χ3n) is 4.15.